The van der Waals surface area contributed by atoms with Gasteiger partial charge in [-0.1, -0.05) is 44.2 Å². The van der Waals surface area contributed by atoms with E-state index >= 15 is 0 Å². The first-order valence-corrected chi connectivity index (χ1v) is 10.9. The van der Waals surface area contributed by atoms with E-state index < -0.39 is 54.5 Å². The summed E-state index contributed by atoms with van der Waals surface area (Å²) in [5, 5.41) is 26.0. The lowest BCUT2D eigenvalue weighted by Gasteiger charge is -2.24. The number of carboxylic acid groups (broad SMARTS) is 1. The molecule has 0 aromatic heterocycles. The molecule has 0 spiro atoms. The molecule has 0 bridgehead atoms. The first-order valence-electron chi connectivity index (χ1n) is 10.2. The van der Waals surface area contributed by atoms with E-state index in [1.807, 2.05) is 13.8 Å². The zero-order valence-corrected chi connectivity index (χ0v) is 19.0. The van der Waals surface area contributed by atoms with Crippen LogP contribution >= 0.6 is 12.6 Å². The zero-order valence-electron chi connectivity index (χ0n) is 18.2. The van der Waals surface area contributed by atoms with Crippen LogP contribution in [-0.2, 0) is 25.6 Å². The highest BCUT2D eigenvalue weighted by Gasteiger charge is 2.30. The summed E-state index contributed by atoms with van der Waals surface area (Å²) in [7, 11) is 0. The van der Waals surface area contributed by atoms with E-state index in [1.54, 1.807) is 30.3 Å². The van der Waals surface area contributed by atoms with E-state index in [0.29, 0.717) is 12.0 Å². The predicted molar refractivity (Wildman–Crippen MR) is 122 cm³/mol. The number of aliphatic hydroxyl groups is 1. The second kappa shape index (κ2) is 13.7. The van der Waals surface area contributed by atoms with Crippen molar-refractivity contribution in [1.82, 2.24) is 16.0 Å². The van der Waals surface area contributed by atoms with Gasteiger partial charge in [-0.3, -0.25) is 14.4 Å². The molecule has 0 fully saturated rings. The molecule has 11 heteroatoms. The van der Waals surface area contributed by atoms with Gasteiger partial charge >= 0.3 is 5.97 Å². The molecule has 0 aliphatic carbocycles. The van der Waals surface area contributed by atoms with Crippen molar-refractivity contribution >= 4 is 36.3 Å². The van der Waals surface area contributed by atoms with Crippen LogP contribution in [0.25, 0.3) is 0 Å². The van der Waals surface area contributed by atoms with Gasteiger partial charge in [-0.2, -0.15) is 12.6 Å². The Balaban J connectivity index is 2.95. The number of thiol groups is 1. The summed E-state index contributed by atoms with van der Waals surface area (Å²) in [4.78, 5) is 48.9. The van der Waals surface area contributed by atoms with E-state index in [0.717, 1.165) is 0 Å². The number of nitrogens with one attached hydrogen (secondary N) is 3. The molecule has 0 saturated carbocycles. The lowest BCUT2D eigenvalue weighted by atomic mass is 10.0. The molecule has 0 radical (unpaired) electrons. The lowest BCUT2D eigenvalue weighted by molar-refractivity contribution is -0.141. The van der Waals surface area contributed by atoms with Gasteiger partial charge in [0.15, 0.2) is 0 Å². The molecule has 0 saturated heterocycles. The molecule has 32 heavy (non-hydrogen) atoms. The van der Waals surface area contributed by atoms with Crippen LogP contribution in [0.2, 0.25) is 0 Å². The molecule has 4 unspecified atom stereocenters. The number of amides is 3. The van der Waals surface area contributed by atoms with E-state index in [4.69, 9.17) is 5.73 Å². The van der Waals surface area contributed by atoms with Crippen LogP contribution in [0.5, 0.6) is 0 Å². The number of rotatable bonds is 13. The minimum atomic E-state index is -1.33. The van der Waals surface area contributed by atoms with Gasteiger partial charge in [-0.05, 0) is 17.9 Å². The molecular formula is C21H32N4O6S. The Labute approximate surface area is 192 Å². The Morgan fingerprint density at radius 1 is 0.938 bits per heavy atom. The number of aliphatic hydroxyl groups excluding tert-OH is 1. The fourth-order valence-corrected chi connectivity index (χ4v) is 3.12. The summed E-state index contributed by atoms with van der Waals surface area (Å²) in [5.74, 6) is -3.38. The van der Waals surface area contributed by atoms with Crippen molar-refractivity contribution in [3.05, 3.63) is 35.9 Å². The van der Waals surface area contributed by atoms with Crippen molar-refractivity contribution in [1.29, 1.82) is 0 Å². The first-order chi connectivity index (χ1) is 15.1. The van der Waals surface area contributed by atoms with E-state index in [9.17, 15) is 29.4 Å². The summed E-state index contributed by atoms with van der Waals surface area (Å²) in [6.45, 7) is 3.08. The summed E-state index contributed by atoms with van der Waals surface area (Å²) in [5.41, 5.74) is 6.54. The highest BCUT2D eigenvalue weighted by molar-refractivity contribution is 7.80. The molecule has 0 heterocycles. The fraction of sp³-hybridized carbons (Fsp3) is 0.524. The highest BCUT2D eigenvalue weighted by atomic mass is 32.1. The number of aliphatic carboxylic acids is 1. The molecule has 10 nitrogen and oxygen atoms in total. The lowest BCUT2D eigenvalue weighted by Crippen LogP contribution is -2.58. The average molecular weight is 469 g/mol. The minimum Gasteiger partial charge on any atom is -0.480 e. The number of carbonyl (C=O) groups excluding carboxylic acids is 3. The molecular weight excluding hydrogens is 436 g/mol. The first kappa shape index (κ1) is 27.4. The average Bonchev–Trinajstić information content (AvgIpc) is 2.74. The maximum atomic E-state index is 12.7. The van der Waals surface area contributed by atoms with Gasteiger partial charge in [0.05, 0.1) is 12.6 Å². The van der Waals surface area contributed by atoms with Crippen molar-refractivity contribution in [2.75, 3.05) is 12.4 Å². The summed E-state index contributed by atoms with van der Waals surface area (Å²) < 4.78 is 0. The molecule has 0 aliphatic heterocycles. The number of hydrogen-bond acceptors (Lipinski definition) is 7. The molecule has 3 amide bonds. The van der Waals surface area contributed by atoms with Crippen LogP contribution in [0.1, 0.15) is 25.8 Å². The SMILES string of the molecule is CC(C)CC(N)C(=O)NC(CO)C(=O)NC(Cc1ccccc1)C(=O)NC(CS)C(=O)O. The van der Waals surface area contributed by atoms with Gasteiger partial charge in [0.25, 0.3) is 0 Å². The number of carbonyl (C=O) groups is 4. The Morgan fingerprint density at radius 3 is 1.97 bits per heavy atom. The van der Waals surface area contributed by atoms with Crippen LogP contribution < -0.4 is 21.7 Å². The number of hydrogen-bond donors (Lipinski definition) is 7. The van der Waals surface area contributed by atoms with Crippen molar-refractivity contribution in [2.45, 2.75) is 50.9 Å². The topological polar surface area (TPSA) is 171 Å². The van der Waals surface area contributed by atoms with Crippen molar-refractivity contribution in [3.63, 3.8) is 0 Å². The van der Waals surface area contributed by atoms with Crippen molar-refractivity contribution < 1.29 is 29.4 Å². The standard InChI is InChI=1S/C21H32N4O6S/c1-12(2)8-14(22)18(27)24-16(10-26)20(29)23-15(9-13-6-4-3-5-7-13)19(28)25-17(11-32)21(30)31/h3-7,12,14-17,26,32H,8-11,22H2,1-2H3,(H,23,29)(H,24,27)(H,25,28)(H,30,31). The summed E-state index contributed by atoms with van der Waals surface area (Å²) in [6, 6.07) is 4.21. The van der Waals surface area contributed by atoms with Gasteiger partial charge in [0.1, 0.15) is 18.1 Å². The van der Waals surface area contributed by atoms with Crippen LogP contribution in [0.3, 0.4) is 0 Å². The van der Waals surface area contributed by atoms with E-state index in [1.165, 1.54) is 0 Å². The van der Waals surface area contributed by atoms with Crippen molar-refractivity contribution in [2.24, 2.45) is 11.7 Å². The van der Waals surface area contributed by atoms with Crippen molar-refractivity contribution in [3.8, 4) is 0 Å². The molecule has 7 N–H and O–H groups in total. The Morgan fingerprint density at radius 2 is 1.47 bits per heavy atom. The Hall–Kier alpha value is -2.63. The quantitative estimate of drug-likeness (QED) is 0.183. The summed E-state index contributed by atoms with van der Waals surface area (Å²) in [6.07, 6.45) is 0.460. The summed E-state index contributed by atoms with van der Waals surface area (Å²) >= 11 is 3.92. The third-order valence-corrected chi connectivity index (χ3v) is 4.96. The van der Waals surface area contributed by atoms with Gasteiger partial charge in [-0.15, -0.1) is 0 Å². The van der Waals surface area contributed by atoms with Gasteiger partial charge < -0.3 is 31.9 Å². The Bertz CT molecular complexity index is 777. The highest BCUT2D eigenvalue weighted by Crippen LogP contribution is 2.06. The molecule has 1 rings (SSSR count). The van der Waals surface area contributed by atoms with Crippen LogP contribution in [0.15, 0.2) is 30.3 Å². The second-order valence-corrected chi connectivity index (χ2v) is 8.18. The molecule has 178 valence electrons. The smallest absolute Gasteiger partial charge is 0.327 e. The number of benzene rings is 1. The number of nitrogens with two attached hydrogens (primary N) is 1. The largest absolute Gasteiger partial charge is 0.480 e. The fourth-order valence-electron chi connectivity index (χ4n) is 2.88. The predicted octanol–water partition coefficient (Wildman–Crippen LogP) is -0.936. The third kappa shape index (κ3) is 9.25. The van der Waals surface area contributed by atoms with Gasteiger partial charge in [0.2, 0.25) is 17.7 Å². The third-order valence-electron chi connectivity index (χ3n) is 4.59. The molecule has 0 aliphatic rings. The molecule has 1 aromatic rings. The number of carboxylic acids is 1. The monoisotopic (exact) mass is 468 g/mol. The second-order valence-electron chi connectivity index (χ2n) is 7.81. The van der Waals surface area contributed by atoms with E-state index in [2.05, 4.69) is 28.6 Å². The minimum absolute atomic E-state index is 0.0658. The maximum Gasteiger partial charge on any atom is 0.327 e. The normalized spacial score (nSPS) is 14.7. The van der Waals surface area contributed by atoms with Crippen LogP contribution in [0.4, 0.5) is 0 Å². The zero-order chi connectivity index (χ0) is 24.3. The van der Waals surface area contributed by atoms with Gasteiger partial charge in [0, 0.05) is 12.2 Å². The maximum absolute atomic E-state index is 12.7. The van der Waals surface area contributed by atoms with Crippen LogP contribution in [-0.4, -0.2) is 70.4 Å². The van der Waals surface area contributed by atoms with Crippen LogP contribution in [0, 0.1) is 5.92 Å². The van der Waals surface area contributed by atoms with E-state index in [-0.39, 0.29) is 18.1 Å². The van der Waals surface area contributed by atoms with Gasteiger partial charge in [-0.25, -0.2) is 4.79 Å². The Kier molecular flexibility index (Phi) is 11.7. The molecule has 4 atom stereocenters. The molecule has 1 aromatic carbocycles.